The monoisotopic (exact) mass is 411 g/mol. The zero-order valence-corrected chi connectivity index (χ0v) is 18.1. The van der Waals surface area contributed by atoms with E-state index in [1.165, 1.54) is 0 Å². The molecule has 1 aromatic heterocycles. The molecule has 1 fully saturated rings. The summed E-state index contributed by atoms with van der Waals surface area (Å²) >= 11 is 0. The van der Waals surface area contributed by atoms with Gasteiger partial charge in [0.15, 0.2) is 0 Å². The van der Waals surface area contributed by atoms with Crippen LogP contribution in [-0.2, 0) is 34.3 Å². The first-order chi connectivity index (χ1) is 14.6. The summed E-state index contributed by atoms with van der Waals surface area (Å²) in [6, 6.07) is 14.3. The number of nitrogens with zero attached hydrogens (tertiary/aromatic N) is 3. The van der Waals surface area contributed by atoms with Gasteiger partial charge in [-0.05, 0) is 43.4 Å². The zero-order valence-electron chi connectivity index (χ0n) is 18.1. The molecule has 1 aromatic carbocycles. The van der Waals surface area contributed by atoms with E-state index in [1.54, 1.807) is 12.0 Å². The van der Waals surface area contributed by atoms with Crippen LogP contribution in [0.2, 0.25) is 0 Å². The lowest BCUT2D eigenvalue weighted by molar-refractivity contribution is -0.141. The van der Waals surface area contributed by atoms with Gasteiger partial charge < -0.3 is 19.1 Å². The van der Waals surface area contributed by atoms with Gasteiger partial charge in [0.25, 0.3) is 0 Å². The van der Waals surface area contributed by atoms with Crippen molar-refractivity contribution in [2.24, 2.45) is 7.05 Å². The Kier molecular flexibility index (Phi) is 8.08. The van der Waals surface area contributed by atoms with E-state index in [1.807, 2.05) is 65.2 Å². The summed E-state index contributed by atoms with van der Waals surface area (Å²) in [5, 5.41) is 0. The Morgan fingerprint density at radius 1 is 1.10 bits per heavy atom. The third kappa shape index (κ3) is 6.46. The number of hydrogen-bond donors (Lipinski definition) is 0. The van der Waals surface area contributed by atoms with Crippen LogP contribution in [0.5, 0.6) is 0 Å². The second-order valence-corrected chi connectivity index (χ2v) is 8.01. The molecular formula is C24H33N3O3. The van der Waals surface area contributed by atoms with Crippen LogP contribution < -0.4 is 0 Å². The molecule has 0 atom stereocenters. The highest BCUT2D eigenvalue weighted by molar-refractivity contribution is 5.85. The highest BCUT2D eigenvalue weighted by atomic mass is 16.5. The van der Waals surface area contributed by atoms with E-state index in [9.17, 15) is 9.59 Å². The molecule has 1 aliphatic carbocycles. The predicted molar refractivity (Wildman–Crippen MR) is 117 cm³/mol. The highest BCUT2D eigenvalue weighted by Crippen LogP contribution is 2.28. The summed E-state index contributed by atoms with van der Waals surface area (Å²) in [7, 11) is 3.65. The number of benzene rings is 1. The van der Waals surface area contributed by atoms with Crippen molar-refractivity contribution < 1.29 is 14.3 Å². The smallest absolute Gasteiger partial charge is 0.242 e. The van der Waals surface area contributed by atoms with Crippen LogP contribution in [0.1, 0.15) is 36.9 Å². The molecule has 30 heavy (non-hydrogen) atoms. The van der Waals surface area contributed by atoms with Gasteiger partial charge in [0.1, 0.15) is 0 Å². The molecule has 3 rings (SSSR count). The molecule has 2 aromatic rings. The van der Waals surface area contributed by atoms with Crippen molar-refractivity contribution in [3.05, 3.63) is 59.9 Å². The summed E-state index contributed by atoms with van der Waals surface area (Å²) < 4.78 is 7.19. The van der Waals surface area contributed by atoms with Crippen molar-refractivity contribution in [3.63, 3.8) is 0 Å². The van der Waals surface area contributed by atoms with Gasteiger partial charge in [-0.1, -0.05) is 30.3 Å². The fourth-order valence-corrected chi connectivity index (χ4v) is 3.64. The van der Waals surface area contributed by atoms with E-state index < -0.39 is 0 Å². The van der Waals surface area contributed by atoms with Crippen molar-refractivity contribution in [1.29, 1.82) is 0 Å². The molecule has 0 spiro atoms. The van der Waals surface area contributed by atoms with E-state index in [4.69, 9.17) is 4.74 Å². The molecule has 6 heteroatoms. The van der Waals surface area contributed by atoms with Crippen molar-refractivity contribution in [2.45, 2.75) is 44.7 Å². The van der Waals surface area contributed by atoms with Gasteiger partial charge in [-0.2, -0.15) is 0 Å². The van der Waals surface area contributed by atoms with Crippen molar-refractivity contribution in [1.82, 2.24) is 14.4 Å². The van der Waals surface area contributed by atoms with Crippen molar-refractivity contribution in [2.75, 3.05) is 26.8 Å². The maximum Gasteiger partial charge on any atom is 0.242 e. The average Bonchev–Trinajstić information content (AvgIpc) is 3.52. The van der Waals surface area contributed by atoms with Crippen LogP contribution in [0.3, 0.4) is 0 Å². The lowest BCUT2D eigenvalue weighted by atomic mass is 10.1. The largest absolute Gasteiger partial charge is 0.385 e. The summed E-state index contributed by atoms with van der Waals surface area (Å²) in [5.41, 5.74) is 2.24. The highest BCUT2D eigenvalue weighted by Gasteiger charge is 2.34. The Bertz CT molecular complexity index is 814. The predicted octanol–water partition coefficient (Wildman–Crippen LogP) is 3.01. The number of rotatable bonds is 12. The van der Waals surface area contributed by atoms with Gasteiger partial charge in [0, 0.05) is 51.7 Å². The average molecular weight is 412 g/mol. The minimum atomic E-state index is 0.0259. The lowest BCUT2D eigenvalue weighted by Gasteiger charge is -2.28. The van der Waals surface area contributed by atoms with Gasteiger partial charge in [-0.3, -0.25) is 9.59 Å². The lowest BCUT2D eigenvalue weighted by Crippen LogP contribution is -2.44. The van der Waals surface area contributed by atoms with Gasteiger partial charge >= 0.3 is 0 Å². The molecule has 1 saturated carbocycles. The first-order valence-corrected chi connectivity index (χ1v) is 10.8. The molecule has 162 valence electrons. The molecule has 0 unspecified atom stereocenters. The summed E-state index contributed by atoms with van der Waals surface area (Å²) in [6.07, 6.45) is 5.90. The number of amides is 2. The normalized spacial score (nSPS) is 13.3. The van der Waals surface area contributed by atoms with Crippen LogP contribution in [0.25, 0.3) is 0 Å². The second-order valence-electron chi connectivity index (χ2n) is 8.01. The Labute approximate surface area is 179 Å². The first kappa shape index (κ1) is 22.1. The number of ether oxygens (including phenoxy) is 1. The minimum Gasteiger partial charge on any atom is -0.385 e. The second kappa shape index (κ2) is 11.0. The van der Waals surface area contributed by atoms with Crippen molar-refractivity contribution in [3.8, 4) is 0 Å². The molecule has 0 N–H and O–H groups in total. The third-order valence-electron chi connectivity index (χ3n) is 5.62. The summed E-state index contributed by atoms with van der Waals surface area (Å²) in [6.45, 7) is 1.84. The standard InChI is InChI=1S/C24H33N3O3/c1-25-15-6-10-22(25)18-27(21-12-13-21)24(29)19-26(16-7-17-30-2)23(28)14-11-20-8-4-3-5-9-20/h3-6,8-10,15,21H,7,11-14,16-19H2,1-2H3. The Morgan fingerprint density at radius 2 is 1.87 bits per heavy atom. The van der Waals surface area contributed by atoms with E-state index in [2.05, 4.69) is 0 Å². The van der Waals surface area contributed by atoms with E-state index in [-0.39, 0.29) is 18.4 Å². The Balaban J connectivity index is 1.62. The quantitative estimate of drug-likeness (QED) is 0.505. The molecule has 6 nitrogen and oxygen atoms in total. The molecular weight excluding hydrogens is 378 g/mol. The minimum absolute atomic E-state index is 0.0259. The molecule has 2 amide bonds. The van der Waals surface area contributed by atoms with E-state index >= 15 is 0 Å². The number of carbonyl (C=O) groups is 2. The van der Waals surface area contributed by atoms with Gasteiger partial charge in [0.2, 0.25) is 11.8 Å². The zero-order chi connectivity index (χ0) is 21.3. The summed E-state index contributed by atoms with van der Waals surface area (Å²) in [5.74, 6) is 0.0575. The number of aromatic nitrogens is 1. The fourth-order valence-electron chi connectivity index (χ4n) is 3.64. The number of aryl methyl sites for hydroxylation is 2. The Hall–Kier alpha value is -2.60. The number of hydrogen-bond acceptors (Lipinski definition) is 3. The van der Waals surface area contributed by atoms with Crippen LogP contribution >= 0.6 is 0 Å². The molecule has 0 radical (unpaired) electrons. The molecule has 1 heterocycles. The van der Waals surface area contributed by atoms with Crippen molar-refractivity contribution >= 4 is 11.8 Å². The van der Waals surface area contributed by atoms with Crippen LogP contribution in [0, 0.1) is 0 Å². The molecule has 0 bridgehead atoms. The molecule has 0 saturated heterocycles. The number of carbonyl (C=O) groups excluding carboxylic acids is 2. The maximum absolute atomic E-state index is 13.2. The topological polar surface area (TPSA) is 54.8 Å². The van der Waals surface area contributed by atoms with Crippen LogP contribution in [0.15, 0.2) is 48.7 Å². The van der Waals surface area contributed by atoms with Crippen LogP contribution in [-0.4, -0.2) is 59.0 Å². The van der Waals surface area contributed by atoms with E-state index in [0.717, 1.165) is 30.5 Å². The van der Waals surface area contributed by atoms with E-state index in [0.29, 0.717) is 38.6 Å². The molecule has 0 aliphatic heterocycles. The summed E-state index contributed by atoms with van der Waals surface area (Å²) in [4.78, 5) is 29.8. The molecule has 1 aliphatic rings. The van der Waals surface area contributed by atoms with Gasteiger partial charge in [-0.15, -0.1) is 0 Å². The SMILES string of the molecule is COCCCN(CC(=O)N(Cc1cccn1C)C1CC1)C(=O)CCc1ccccc1. The fraction of sp³-hybridized carbons (Fsp3) is 0.500. The van der Waals surface area contributed by atoms with Gasteiger partial charge in [-0.25, -0.2) is 0 Å². The maximum atomic E-state index is 13.2. The Morgan fingerprint density at radius 3 is 2.50 bits per heavy atom. The first-order valence-electron chi connectivity index (χ1n) is 10.8. The van der Waals surface area contributed by atoms with Gasteiger partial charge in [0.05, 0.1) is 13.1 Å². The van der Waals surface area contributed by atoms with Crippen LogP contribution in [0.4, 0.5) is 0 Å². The third-order valence-corrected chi connectivity index (χ3v) is 5.62. The number of methoxy groups -OCH3 is 1.